The van der Waals surface area contributed by atoms with Gasteiger partial charge in [-0.25, -0.2) is 0 Å². The van der Waals surface area contributed by atoms with Gasteiger partial charge in [-0.05, 0) is 34.0 Å². The van der Waals surface area contributed by atoms with Crippen LogP contribution in [0, 0.1) is 0 Å². The van der Waals surface area contributed by atoms with Crippen molar-refractivity contribution in [1.82, 2.24) is 4.90 Å². The van der Waals surface area contributed by atoms with Crippen LogP contribution in [0.3, 0.4) is 0 Å². The molecule has 0 aliphatic carbocycles. The predicted molar refractivity (Wildman–Crippen MR) is 44.7 cm³/mol. The highest BCUT2D eigenvalue weighted by molar-refractivity contribution is 4.51. The molecule has 0 saturated heterocycles. The van der Waals surface area contributed by atoms with Gasteiger partial charge in [0.2, 0.25) is 0 Å². The van der Waals surface area contributed by atoms with E-state index in [1.54, 1.807) is 6.08 Å². The average molecular weight is 129 g/mol. The van der Waals surface area contributed by atoms with Crippen molar-refractivity contribution >= 4 is 0 Å². The maximum atomic E-state index is 3.36. The van der Waals surface area contributed by atoms with E-state index in [-0.39, 0.29) is 0 Å². The number of allylic oxidation sites excluding steroid dienone is 1. The Kier molecular flexibility index (Phi) is 13.6. The quantitative estimate of drug-likeness (QED) is 0.516. The van der Waals surface area contributed by atoms with Crippen molar-refractivity contribution < 1.29 is 0 Å². The third-order valence-corrected chi connectivity index (χ3v) is 0.671. The summed E-state index contributed by atoms with van der Waals surface area (Å²) in [5.41, 5.74) is 0. The van der Waals surface area contributed by atoms with E-state index in [0.29, 0.717) is 0 Å². The van der Waals surface area contributed by atoms with Crippen LogP contribution in [0.1, 0.15) is 20.3 Å². The van der Waals surface area contributed by atoms with Crippen molar-refractivity contribution in [2.45, 2.75) is 20.3 Å². The van der Waals surface area contributed by atoms with Crippen LogP contribution in [-0.4, -0.2) is 25.5 Å². The highest BCUT2D eigenvalue weighted by Gasteiger charge is 1.79. The maximum absolute atomic E-state index is 3.36. The van der Waals surface area contributed by atoms with Crippen molar-refractivity contribution in [1.29, 1.82) is 0 Å². The van der Waals surface area contributed by atoms with Gasteiger partial charge in [0.05, 0.1) is 0 Å². The molecule has 1 heteroatoms. The highest BCUT2D eigenvalue weighted by Crippen LogP contribution is 1.76. The maximum Gasteiger partial charge on any atom is -0.00275 e. The second kappa shape index (κ2) is 10.6. The summed E-state index contributed by atoms with van der Waals surface area (Å²) < 4.78 is 0. The molecule has 0 aliphatic rings. The summed E-state index contributed by atoms with van der Waals surface area (Å²) in [6.45, 7) is 8.64. The van der Waals surface area contributed by atoms with Crippen molar-refractivity contribution in [3.63, 3.8) is 0 Å². The normalized spacial score (nSPS) is 8.11. The van der Waals surface area contributed by atoms with Gasteiger partial charge in [-0.1, -0.05) is 13.0 Å². The van der Waals surface area contributed by atoms with Crippen LogP contribution in [-0.2, 0) is 0 Å². The Morgan fingerprint density at radius 1 is 1.44 bits per heavy atom. The number of hydrogen-bond acceptors (Lipinski definition) is 1. The molecule has 0 saturated carbocycles. The molecule has 0 heterocycles. The molecule has 9 heavy (non-hydrogen) atoms. The minimum Gasteiger partial charge on any atom is -0.309 e. The molecule has 0 atom stereocenters. The Morgan fingerprint density at radius 2 is 1.78 bits per heavy atom. The topological polar surface area (TPSA) is 3.24 Å². The molecular formula is C8H19N. The molecule has 0 bridgehead atoms. The molecule has 0 aromatic rings. The fraction of sp³-hybridized carbons (Fsp3) is 0.750. The minimum absolute atomic E-state index is 1.21. The Balaban J connectivity index is 0. The molecule has 0 unspecified atom stereocenters. The van der Waals surface area contributed by atoms with Crippen molar-refractivity contribution in [2.24, 2.45) is 0 Å². The second-order valence-corrected chi connectivity index (χ2v) is 2.21. The van der Waals surface area contributed by atoms with E-state index < -0.39 is 0 Å². The molecule has 0 spiro atoms. The van der Waals surface area contributed by atoms with Gasteiger partial charge >= 0.3 is 0 Å². The van der Waals surface area contributed by atoms with Crippen molar-refractivity contribution in [3.05, 3.63) is 12.7 Å². The molecule has 0 N–H and O–H groups in total. The first-order chi connectivity index (χ1) is 4.18. The Morgan fingerprint density at radius 3 is 1.78 bits per heavy atom. The lowest BCUT2D eigenvalue weighted by molar-refractivity contribution is 0.408. The van der Waals surface area contributed by atoms with Crippen LogP contribution in [0.25, 0.3) is 0 Å². The van der Waals surface area contributed by atoms with Crippen LogP contribution >= 0.6 is 0 Å². The van der Waals surface area contributed by atoms with Gasteiger partial charge < -0.3 is 4.90 Å². The molecule has 1 nitrogen and oxygen atoms in total. The summed E-state index contributed by atoms with van der Waals surface area (Å²) in [5.74, 6) is 0. The molecule has 0 aromatic heterocycles. The molecule has 0 fully saturated rings. The van der Waals surface area contributed by atoms with Crippen LogP contribution in [0.5, 0.6) is 0 Å². The lowest BCUT2D eigenvalue weighted by Gasteiger charge is -2.03. The third-order valence-electron chi connectivity index (χ3n) is 0.671. The van der Waals surface area contributed by atoms with Gasteiger partial charge in [-0.15, -0.1) is 6.58 Å². The van der Waals surface area contributed by atoms with Crippen LogP contribution in [0.4, 0.5) is 0 Å². The number of rotatable bonds is 2. The van der Waals surface area contributed by atoms with Gasteiger partial charge in [0.1, 0.15) is 0 Å². The van der Waals surface area contributed by atoms with Gasteiger partial charge in [0.15, 0.2) is 0 Å². The first kappa shape index (κ1) is 11.5. The van der Waals surface area contributed by atoms with E-state index >= 15 is 0 Å². The fourth-order valence-corrected chi connectivity index (χ4v) is 0.447. The van der Waals surface area contributed by atoms with Gasteiger partial charge in [-0.3, -0.25) is 0 Å². The smallest absolute Gasteiger partial charge is 0.00275 e. The Hall–Kier alpha value is -0.300. The minimum atomic E-state index is 1.21. The summed E-state index contributed by atoms with van der Waals surface area (Å²) in [5, 5.41) is 0. The van der Waals surface area contributed by atoms with E-state index in [0.717, 1.165) is 0 Å². The summed E-state index contributed by atoms with van der Waals surface area (Å²) in [4.78, 5) is 2.18. The average Bonchev–Trinajstić information content (AvgIpc) is 1.67. The van der Waals surface area contributed by atoms with Crippen molar-refractivity contribution in [2.75, 3.05) is 20.6 Å². The zero-order valence-corrected chi connectivity index (χ0v) is 7.15. The van der Waals surface area contributed by atoms with E-state index in [1.165, 1.54) is 13.0 Å². The Bertz CT molecular complexity index is 48.5. The van der Waals surface area contributed by atoms with Crippen LogP contribution < -0.4 is 0 Å². The lowest BCUT2D eigenvalue weighted by atomic mass is 10.5. The van der Waals surface area contributed by atoms with Crippen LogP contribution in [0.2, 0.25) is 0 Å². The summed E-state index contributed by atoms with van der Waals surface area (Å²) >= 11 is 0. The second-order valence-electron chi connectivity index (χ2n) is 2.21. The lowest BCUT2D eigenvalue weighted by Crippen LogP contribution is -2.11. The van der Waals surface area contributed by atoms with E-state index in [2.05, 4.69) is 32.5 Å². The molecule has 0 radical (unpaired) electrons. The van der Waals surface area contributed by atoms with Gasteiger partial charge in [-0.2, -0.15) is 0 Å². The monoisotopic (exact) mass is 129 g/mol. The number of nitrogens with zero attached hydrogens (tertiary/aromatic N) is 1. The van der Waals surface area contributed by atoms with Gasteiger partial charge in [0, 0.05) is 0 Å². The molecule has 56 valence electrons. The fourth-order valence-electron chi connectivity index (χ4n) is 0.447. The standard InChI is InChI=1S/C5H13N.C3H6/c1-4-5-6(2)3;1-3-2/h4-5H2,1-3H3;3H,1H2,2H3. The molecule has 0 rings (SSSR count). The number of hydrogen-bond donors (Lipinski definition) is 0. The van der Waals surface area contributed by atoms with E-state index in [9.17, 15) is 0 Å². The molecule has 0 aliphatic heterocycles. The summed E-state index contributed by atoms with van der Waals surface area (Å²) in [6.07, 6.45) is 3.01. The third kappa shape index (κ3) is 34.3. The SMILES string of the molecule is C=CC.CCCN(C)C. The summed E-state index contributed by atoms with van der Waals surface area (Å²) in [6, 6.07) is 0. The first-order valence-corrected chi connectivity index (χ1v) is 3.40. The highest BCUT2D eigenvalue weighted by atomic mass is 15.0. The molecule has 0 aromatic carbocycles. The Labute approximate surface area is 59.4 Å². The summed E-state index contributed by atoms with van der Waals surface area (Å²) in [7, 11) is 4.17. The van der Waals surface area contributed by atoms with E-state index in [1.807, 2.05) is 6.92 Å². The van der Waals surface area contributed by atoms with Crippen LogP contribution in [0.15, 0.2) is 12.7 Å². The zero-order valence-electron chi connectivity index (χ0n) is 7.15. The van der Waals surface area contributed by atoms with E-state index in [4.69, 9.17) is 0 Å². The zero-order chi connectivity index (χ0) is 7.70. The largest absolute Gasteiger partial charge is 0.309 e. The predicted octanol–water partition coefficient (Wildman–Crippen LogP) is 2.15. The molecule has 0 amide bonds. The van der Waals surface area contributed by atoms with Crippen molar-refractivity contribution in [3.8, 4) is 0 Å². The first-order valence-electron chi connectivity index (χ1n) is 3.40. The molecular weight excluding hydrogens is 110 g/mol. The van der Waals surface area contributed by atoms with Gasteiger partial charge in [0.25, 0.3) is 0 Å².